The van der Waals surface area contributed by atoms with E-state index in [1.807, 2.05) is 0 Å². The van der Waals surface area contributed by atoms with Gasteiger partial charge < -0.3 is 15.0 Å². The summed E-state index contributed by atoms with van der Waals surface area (Å²) in [6, 6.07) is 2.88. The standard InChI is InChI=1S/C35H42F3N5O7S2/c1-5-7-8-9-14-43(4)31(45)27-17-23(16-26(27)29(44)41-34(18-21(34)6-2)32(46)42-52(48,49)24-11-12-24)50-33(47)40-28-15-22(35(36,37)38)10-13-25(28)30-39-19-20(3)51-30/h5-6,10,13,15,19,21,23-24,26-27H,1-2,7-9,11-12,14,16-18H2,3-4H3,(H,40,47)(H,41,44)(H,42,46)/t21-,23-,26-,27-,34-/m1/s1. The highest BCUT2D eigenvalue weighted by Crippen LogP contribution is 2.46. The third kappa shape index (κ3) is 8.85. The lowest BCUT2D eigenvalue weighted by Gasteiger charge is -2.26. The maximum absolute atomic E-state index is 13.9. The predicted molar refractivity (Wildman–Crippen MR) is 188 cm³/mol. The van der Waals surface area contributed by atoms with E-state index in [9.17, 15) is 40.8 Å². The second-order valence-corrected chi connectivity index (χ2v) is 16.8. The van der Waals surface area contributed by atoms with Crippen LogP contribution in [0.3, 0.4) is 0 Å². The summed E-state index contributed by atoms with van der Waals surface area (Å²) in [4.78, 5) is 60.8. The summed E-state index contributed by atoms with van der Waals surface area (Å²) in [5, 5.41) is 4.80. The zero-order valence-corrected chi connectivity index (χ0v) is 30.5. The lowest BCUT2D eigenvalue weighted by Crippen LogP contribution is -2.54. The summed E-state index contributed by atoms with van der Waals surface area (Å²) in [7, 11) is -2.33. The van der Waals surface area contributed by atoms with Crippen molar-refractivity contribution in [2.24, 2.45) is 17.8 Å². The first-order chi connectivity index (χ1) is 24.5. The zero-order valence-electron chi connectivity index (χ0n) is 28.8. The van der Waals surface area contributed by atoms with Crippen LogP contribution in [0, 0.1) is 24.7 Å². The van der Waals surface area contributed by atoms with Crippen molar-refractivity contribution >= 4 is 50.9 Å². The van der Waals surface area contributed by atoms with E-state index in [2.05, 4.69) is 33.5 Å². The molecule has 0 aliphatic heterocycles. The molecule has 0 bridgehead atoms. The summed E-state index contributed by atoms with van der Waals surface area (Å²) < 4.78 is 73.8. The third-order valence-corrected chi connectivity index (χ3v) is 12.4. The number of nitrogens with one attached hydrogen (secondary N) is 3. The van der Waals surface area contributed by atoms with Crippen LogP contribution in [-0.2, 0) is 35.3 Å². The Morgan fingerprint density at radius 2 is 1.85 bits per heavy atom. The Morgan fingerprint density at radius 1 is 1.13 bits per heavy atom. The number of hydrogen-bond acceptors (Lipinski definition) is 9. The molecular formula is C35H42F3N5O7S2. The molecule has 3 saturated carbocycles. The molecule has 12 nitrogen and oxygen atoms in total. The molecule has 1 aromatic carbocycles. The molecular weight excluding hydrogens is 724 g/mol. The number of thiazole rings is 1. The van der Waals surface area contributed by atoms with Gasteiger partial charge in [-0.05, 0) is 76.5 Å². The lowest BCUT2D eigenvalue weighted by molar-refractivity contribution is -0.140. The molecule has 5 atom stereocenters. The fourth-order valence-corrected chi connectivity index (χ4v) is 8.66. The average Bonchev–Trinajstić information content (AvgIpc) is 3.98. The number of aromatic nitrogens is 1. The highest BCUT2D eigenvalue weighted by molar-refractivity contribution is 7.91. The minimum atomic E-state index is -4.70. The second kappa shape index (κ2) is 15.4. The van der Waals surface area contributed by atoms with Crippen molar-refractivity contribution in [1.82, 2.24) is 19.9 Å². The molecule has 0 saturated heterocycles. The number of amides is 4. The number of ether oxygens (including phenoxy) is 1. The Morgan fingerprint density at radius 3 is 2.44 bits per heavy atom. The van der Waals surface area contributed by atoms with E-state index in [1.54, 1.807) is 26.2 Å². The van der Waals surface area contributed by atoms with Gasteiger partial charge in [-0.2, -0.15) is 13.2 Å². The van der Waals surface area contributed by atoms with Crippen LogP contribution in [0.2, 0.25) is 0 Å². The molecule has 1 aromatic heterocycles. The van der Waals surface area contributed by atoms with E-state index in [1.165, 1.54) is 28.4 Å². The SMILES string of the molecule is C=CCCCCN(C)C(=O)[C@@H]1C[C@H](OC(=O)Nc2cc(C(F)(F)F)ccc2-c2ncc(C)s2)C[C@H]1C(=O)N[C@]1(C(=O)NS(=O)(=O)C2CC2)C[C@H]1C=C. The van der Waals surface area contributed by atoms with Gasteiger partial charge in [-0.3, -0.25) is 24.4 Å². The molecule has 52 heavy (non-hydrogen) atoms. The number of carbonyl (C=O) groups excluding carboxylic acids is 4. The topological polar surface area (TPSA) is 164 Å². The molecule has 3 aliphatic rings. The van der Waals surface area contributed by atoms with Crippen molar-refractivity contribution in [3.05, 3.63) is 60.1 Å². The van der Waals surface area contributed by atoms with Crippen LogP contribution in [0.25, 0.3) is 10.6 Å². The van der Waals surface area contributed by atoms with Crippen molar-refractivity contribution in [2.45, 2.75) is 81.4 Å². The monoisotopic (exact) mass is 765 g/mol. The molecule has 5 rings (SSSR count). The Kier molecular flexibility index (Phi) is 11.5. The van der Waals surface area contributed by atoms with E-state index in [0.717, 1.165) is 29.9 Å². The van der Waals surface area contributed by atoms with Gasteiger partial charge in [0.15, 0.2) is 0 Å². The van der Waals surface area contributed by atoms with Crippen LogP contribution in [0.15, 0.2) is 49.7 Å². The molecule has 3 fully saturated rings. The number of anilines is 1. The highest BCUT2D eigenvalue weighted by Gasteiger charge is 2.62. The van der Waals surface area contributed by atoms with Gasteiger partial charge in [-0.25, -0.2) is 18.2 Å². The number of nitrogens with zero attached hydrogens (tertiary/aromatic N) is 2. The molecule has 0 spiro atoms. The number of rotatable bonds is 15. The fourth-order valence-electron chi connectivity index (χ4n) is 6.49. The largest absolute Gasteiger partial charge is 0.446 e. The van der Waals surface area contributed by atoms with Gasteiger partial charge in [0.2, 0.25) is 21.8 Å². The zero-order chi connectivity index (χ0) is 38.0. The van der Waals surface area contributed by atoms with Crippen LogP contribution >= 0.6 is 11.3 Å². The minimum absolute atomic E-state index is 0.0808. The third-order valence-electron chi connectivity index (χ3n) is 9.66. The molecule has 282 valence electrons. The molecule has 0 radical (unpaired) electrons. The maximum Gasteiger partial charge on any atom is 0.416 e. The number of unbranched alkanes of at least 4 members (excludes halogenated alkanes) is 2. The van der Waals surface area contributed by atoms with E-state index in [0.29, 0.717) is 30.8 Å². The average molecular weight is 766 g/mol. The number of sulfonamides is 1. The van der Waals surface area contributed by atoms with E-state index < -0.39 is 80.2 Å². The fraction of sp³-hybridized carbons (Fsp3) is 0.514. The molecule has 2 aromatic rings. The summed E-state index contributed by atoms with van der Waals surface area (Å²) in [5.74, 6) is -4.62. The summed E-state index contributed by atoms with van der Waals surface area (Å²) in [6.45, 7) is 9.56. The van der Waals surface area contributed by atoms with Crippen LogP contribution in [-0.4, -0.2) is 72.6 Å². The molecule has 0 unspecified atom stereocenters. The second-order valence-electron chi connectivity index (χ2n) is 13.6. The van der Waals surface area contributed by atoms with Gasteiger partial charge in [0.25, 0.3) is 5.91 Å². The number of carbonyl (C=O) groups is 4. The molecule has 1 heterocycles. The van der Waals surface area contributed by atoms with Crippen molar-refractivity contribution in [3.63, 3.8) is 0 Å². The number of aryl methyl sites for hydroxylation is 1. The van der Waals surface area contributed by atoms with Crippen molar-refractivity contribution in [3.8, 4) is 10.6 Å². The van der Waals surface area contributed by atoms with Gasteiger partial charge in [0.05, 0.1) is 28.3 Å². The van der Waals surface area contributed by atoms with E-state index in [-0.39, 0.29) is 30.5 Å². The first-order valence-corrected chi connectivity index (χ1v) is 19.3. The molecule has 3 N–H and O–H groups in total. The van der Waals surface area contributed by atoms with Gasteiger partial charge in [0, 0.05) is 36.1 Å². The first kappa shape index (κ1) is 39.0. The van der Waals surface area contributed by atoms with E-state index in [4.69, 9.17) is 4.74 Å². The van der Waals surface area contributed by atoms with Gasteiger partial charge >= 0.3 is 12.3 Å². The normalized spacial score (nSPS) is 24.0. The minimum Gasteiger partial charge on any atom is -0.446 e. The number of benzene rings is 1. The van der Waals surface area contributed by atoms with Crippen LogP contribution in [0.5, 0.6) is 0 Å². The Balaban J connectivity index is 1.35. The maximum atomic E-state index is 13.9. The summed E-state index contributed by atoms with van der Waals surface area (Å²) in [5.41, 5.74) is -2.53. The smallest absolute Gasteiger partial charge is 0.416 e. The van der Waals surface area contributed by atoms with E-state index >= 15 is 0 Å². The quantitative estimate of drug-likeness (QED) is 0.157. The number of allylic oxidation sites excluding steroid dienone is 1. The lowest BCUT2D eigenvalue weighted by atomic mass is 9.93. The van der Waals surface area contributed by atoms with Gasteiger partial charge in [-0.1, -0.05) is 12.2 Å². The Bertz CT molecular complexity index is 1850. The number of halogens is 3. The van der Waals surface area contributed by atoms with Crippen LogP contribution in [0.4, 0.5) is 23.7 Å². The van der Waals surface area contributed by atoms with Crippen molar-refractivity contribution in [2.75, 3.05) is 18.9 Å². The summed E-state index contributed by atoms with van der Waals surface area (Å²) >= 11 is 1.22. The number of hydrogen-bond donors (Lipinski definition) is 3. The molecule has 3 aliphatic carbocycles. The highest BCUT2D eigenvalue weighted by atomic mass is 32.2. The van der Waals surface area contributed by atoms with Crippen molar-refractivity contribution in [1.29, 1.82) is 0 Å². The Labute approximate surface area is 304 Å². The molecule has 17 heteroatoms. The van der Waals surface area contributed by atoms with Crippen LogP contribution < -0.4 is 15.4 Å². The first-order valence-electron chi connectivity index (χ1n) is 17.0. The van der Waals surface area contributed by atoms with Gasteiger partial charge in [0.1, 0.15) is 16.7 Å². The Hall–Kier alpha value is -4.25. The van der Waals surface area contributed by atoms with Crippen molar-refractivity contribution < 1.29 is 45.5 Å². The predicted octanol–water partition coefficient (Wildman–Crippen LogP) is 5.56. The number of alkyl halides is 3. The van der Waals surface area contributed by atoms with Crippen LogP contribution in [0.1, 0.15) is 61.8 Å². The molecule has 4 amide bonds. The van der Waals surface area contributed by atoms with Gasteiger partial charge in [-0.15, -0.1) is 24.5 Å². The summed E-state index contributed by atoms with van der Waals surface area (Å²) in [6.07, 6.45) is 0.888.